The molecule has 0 bridgehead atoms. The standard InChI is InChI=1S/C27H30ClF2NO2/c1-18(2)31-17-27(30,20-8-6-5-7-9-20)21-11-12-23(28)22(16-21)25-19(3)10-13-24(26(25)29)33-15-14-32-4/h5-13,16,18,31H,14-15,17H2,1-4H3. The molecule has 1 atom stereocenters. The highest BCUT2D eigenvalue weighted by molar-refractivity contribution is 6.33. The predicted molar refractivity (Wildman–Crippen MR) is 130 cm³/mol. The molecule has 3 aromatic carbocycles. The Hall–Kier alpha value is -2.47. The van der Waals surface area contributed by atoms with Gasteiger partial charge in [0.1, 0.15) is 6.61 Å². The van der Waals surface area contributed by atoms with Crippen molar-refractivity contribution in [1.82, 2.24) is 5.32 Å². The summed E-state index contributed by atoms with van der Waals surface area (Å²) >= 11 is 6.51. The normalized spacial score (nSPS) is 13.2. The van der Waals surface area contributed by atoms with Crippen molar-refractivity contribution in [3.8, 4) is 16.9 Å². The van der Waals surface area contributed by atoms with Gasteiger partial charge in [-0.3, -0.25) is 0 Å². The van der Waals surface area contributed by atoms with Crippen LogP contribution in [0.25, 0.3) is 11.1 Å². The number of ether oxygens (including phenoxy) is 2. The molecule has 1 N–H and O–H groups in total. The lowest BCUT2D eigenvalue weighted by Crippen LogP contribution is -2.38. The monoisotopic (exact) mass is 473 g/mol. The van der Waals surface area contributed by atoms with Crippen LogP contribution in [0.5, 0.6) is 5.75 Å². The van der Waals surface area contributed by atoms with Gasteiger partial charge in [-0.05, 0) is 41.8 Å². The lowest BCUT2D eigenvalue weighted by atomic mass is 9.85. The first kappa shape index (κ1) is 25.2. The summed E-state index contributed by atoms with van der Waals surface area (Å²) in [5.41, 5.74) is 0.468. The maximum Gasteiger partial charge on any atom is 0.173 e. The van der Waals surface area contributed by atoms with Crippen molar-refractivity contribution in [3.63, 3.8) is 0 Å². The van der Waals surface area contributed by atoms with E-state index in [1.165, 1.54) is 0 Å². The summed E-state index contributed by atoms with van der Waals surface area (Å²) in [6.07, 6.45) is 0. The average molecular weight is 474 g/mol. The van der Waals surface area contributed by atoms with Crippen LogP contribution in [0.4, 0.5) is 8.78 Å². The third kappa shape index (κ3) is 5.72. The Kier molecular flexibility index (Phi) is 8.46. The molecule has 0 aliphatic rings. The Morgan fingerprint density at radius 2 is 1.73 bits per heavy atom. The summed E-state index contributed by atoms with van der Waals surface area (Å²) in [6, 6.07) is 17.3. The Labute approximate surface area is 199 Å². The van der Waals surface area contributed by atoms with Crippen LogP contribution in [-0.4, -0.2) is 32.9 Å². The minimum absolute atomic E-state index is 0.0669. The smallest absolute Gasteiger partial charge is 0.173 e. The van der Waals surface area contributed by atoms with Gasteiger partial charge in [0.15, 0.2) is 17.2 Å². The second-order valence-corrected chi connectivity index (χ2v) is 8.72. The molecular weight excluding hydrogens is 444 g/mol. The summed E-state index contributed by atoms with van der Waals surface area (Å²) in [7, 11) is 1.55. The molecule has 0 saturated heterocycles. The van der Waals surface area contributed by atoms with E-state index >= 15 is 8.78 Å². The van der Waals surface area contributed by atoms with Gasteiger partial charge in [-0.2, -0.15) is 0 Å². The highest BCUT2D eigenvalue weighted by Gasteiger charge is 2.35. The highest BCUT2D eigenvalue weighted by Crippen LogP contribution is 2.41. The average Bonchev–Trinajstić information content (AvgIpc) is 2.81. The number of benzene rings is 3. The molecule has 3 nitrogen and oxygen atoms in total. The Morgan fingerprint density at radius 3 is 2.39 bits per heavy atom. The number of hydrogen-bond donors (Lipinski definition) is 1. The van der Waals surface area contributed by atoms with Crippen molar-refractivity contribution < 1.29 is 18.3 Å². The van der Waals surface area contributed by atoms with Gasteiger partial charge < -0.3 is 14.8 Å². The number of hydrogen-bond acceptors (Lipinski definition) is 3. The maximum absolute atomic E-state index is 16.7. The van der Waals surface area contributed by atoms with Crippen LogP contribution in [0.1, 0.15) is 30.5 Å². The molecule has 3 rings (SSSR count). The van der Waals surface area contributed by atoms with Crippen molar-refractivity contribution in [2.75, 3.05) is 26.9 Å². The summed E-state index contributed by atoms with van der Waals surface area (Å²) in [6.45, 7) is 6.34. The second kappa shape index (κ2) is 11.1. The topological polar surface area (TPSA) is 30.5 Å². The fourth-order valence-corrected chi connectivity index (χ4v) is 3.92. The number of nitrogens with one attached hydrogen (secondary N) is 1. The van der Waals surface area contributed by atoms with Crippen LogP contribution in [0, 0.1) is 12.7 Å². The molecule has 3 aromatic rings. The molecule has 33 heavy (non-hydrogen) atoms. The summed E-state index contributed by atoms with van der Waals surface area (Å²) in [5.74, 6) is -0.431. The van der Waals surface area contributed by atoms with Crippen molar-refractivity contribution in [2.45, 2.75) is 32.5 Å². The second-order valence-electron chi connectivity index (χ2n) is 8.31. The van der Waals surface area contributed by atoms with E-state index in [1.54, 1.807) is 68.6 Å². The molecule has 0 fully saturated rings. The van der Waals surface area contributed by atoms with Crippen molar-refractivity contribution in [3.05, 3.63) is 88.2 Å². The third-order valence-corrected chi connectivity index (χ3v) is 5.87. The zero-order valence-electron chi connectivity index (χ0n) is 19.4. The Morgan fingerprint density at radius 1 is 1.00 bits per heavy atom. The maximum atomic E-state index is 16.7. The summed E-state index contributed by atoms with van der Waals surface area (Å²) in [5, 5.41) is 3.54. The molecule has 0 amide bonds. The van der Waals surface area contributed by atoms with Crippen LogP contribution in [0.15, 0.2) is 60.7 Å². The van der Waals surface area contributed by atoms with E-state index in [4.69, 9.17) is 21.1 Å². The number of aryl methyl sites for hydroxylation is 1. The predicted octanol–water partition coefficient (Wildman–Crippen LogP) is 6.69. The molecule has 0 saturated carbocycles. The van der Waals surface area contributed by atoms with Crippen LogP contribution in [0.3, 0.4) is 0 Å². The van der Waals surface area contributed by atoms with Crippen molar-refractivity contribution >= 4 is 11.6 Å². The SMILES string of the molecule is COCCOc1ccc(C)c(-c2cc(C(F)(CNC(C)C)c3ccccc3)ccc2Cl)c1F. The Bertz CT molecular complexity index is 1080. The highest BCUT2D eigenvalue weighted by atomic mass is 35.5. The molecule has 0 aliphatic carbocycles. The molecule has 0 radical (unpaired) electrons. The van der Waals surface area contributed by atoms with E-state index in [0.29, 0.717) is 39.4 Å². The molecule has 1 unspecified atom stereocenters. The van der Waals surface area contributed by atoms with Gasteiger partial charge in [0.25, 0.3) is 0 Å². The minimum Gasteiger partial charge on any atom is -0.488 e. The van der Waals surface area contributed by atoms with E-state index in [0.717, 1.165) is 0 Å². The van der Waals surface area contributed by atoms with E-state index in [-0.39, 0.29) is 24.9 Å². The van der Waals surface area contributed by atoms with Gasteiger partial charge in [0, 0.05) is 35.8 Å². The lowest BCUT2D eigenvalue weighted by molar-refractivity contribution is 0.144. The first-order valence-electron chi connectivity index (χ1n) is 11.0. The number of methoxy groups -OCH3 is 1. The van der Waals surface area contributed by atoms with Gasteiger partial charge in [-0.1, -0.05) is 67.9 Å². The fraction of sp³-hybridized carbons (Fsp3) is 0.333. The first-order chi connectivity index (χ1) is 15.8. The lowest BCUT2D eigenvalue weighted by Gasteiger charge is -2.29. The van der Waals surface area contributed by atoms with Gasteiger partial charge in [-0.15, -0.1) is 0 Å². The summed E-state index contributed by atoms with van der Waals surface area (Å²) < 4.78 is 42.7. The molecule has 0 aliphatic heterocycles. The zero-order valence-corrected chi connectivity index (χ0v) is 20.2. The van der Waals surface area contributed by atoms with E-state index in [2.05, 4.69) is 5.32 Å². The Balaban J connectivity index is 2.12. The van der Waals surface area contributed by atoms with Crippen molar-refractivity contribution in [1.29, 1.82) is 0 Å². The zero-order chi connectivity index (χ0) is 24.0. The molecule has 6 heteroatoms. The van der Waals surface area contributed by atoms with Crippen LogP contribution < -0.4 is 10.1 Å². The van der Waals surface area contributed by atoms with E-state index < -0.39 is 11.5 Å². The first-order valence-corrected chi connectivity index (χ1v) is 11.3. The van der Waals surface area contributed by atoms with Gasteiger partial charge in [0.05, 0.1) is 6.61 Å². The van der Waals surface area contributed by atoms with Gasteiger partial charge in [0.2, 0.25) is 0 Å². The number of rotatable bonds is 10. The number of alkyl halides is 1. The molecule has 176 valence electrons. The summed E-state index contributed by atoms with van der Waals surface area (Å²) in [4.78, 5) is 0. The van der Waals surface area contributed by atoms with Crippen LogP contribution >= 0.6 is 11.6 Å². The third-order valence-electron chi connectivity index (χ3n) is 5.54. The molecule has 0 spiro atoms. The van der Waals surface area contributed by atoms with Gasteiger partial charge >= 0.3 is 0 Å². The molecule has 0 heterocycles. The largest absolute Gasteiger partial charge is 0.488 e. The quantitative estimate of drug-likeness (QED) is 0.333. The minimum atomic E-state index is -1.83. The fourth-order valence-electron chi connectivity index (χ4n) is 3.71. The van der Waals surface area contributed by atoms with E-state index in [9.17, 15) is 0 Å². The molecular formula is C27H30ClF2NO2. The van der Waals surface area contributed by atoms with E-state index in [1.807, 2.05) is 19.9 Å². The van der Waals surface area contributed by atoms with Gasteiger partial charge in [-0.25, -0.2) is 8.78 Å². The number of halogens is 3. The molecule has 0 aromatic heterocycles. The van der Waals surface area contributed by atoms with Crippen molar-refractivity contribution in [2.24, 2.45) is 0 Å². The van der Waals surface area contributed by atoms with Crippen LogP contribution in [-0.2, 0) is 10.4 Å². The van der Waals surface area contributed by atoms with Crippen LogP contribution in [0.2, 0.25) is 5.02 Å².